The van der Waals surface area contributed by atoms with Crippen LogP contribution in [0, 0.1) is 13.8 Å². The molecule has 0 fully saturated rings. The van der Waals surface area contributed by atoms with Gasteiger partial charge in [0.25, 0.3) is 0 Å². The molecular weight excluding hydrogens is 216 g/mol. The summed E-state index contributed by atoms with van der Waals surface area (Å²) in [6.07, 6.45) is 3.16. The molecule has 2 aromatic heterocycles. The fourth-order valence-corrected chi connectivity index (χ4v) is 1.83. The molecule has 17 heavy (non-hydrogen) atoms. The number of nitrogens with zero attached hydrogens (tertiary/aromatic N) is 2. The first-order valence-electron chi connectivity index (χ1n) is 5.47. The van der Waals surface area contributed by atoms with Crippen molar-refractivity contribution in [2.24, 2.45) is 0 Å². The number of aromatic nitrogens is 2. The van der Waals surface area contributed by atoms with Crippen molar-refractivity contribution in [2.45, 2.75) is 26.8 Å². The number of aryl methyl sites for hydroxylation is 2. The highest BCUT2D eigenvalue weighted by Gasteiger charge is 2.13. The Morgan fingerprint density at radius 2 is 2.12 bits per heavy atom. The first kappa shape index (κ1) is 11.4. The van der Waals surface area contributed by atoms with E-state index in [0.29, 0.717) is 11.6 Å². The first-order chi connectivity index (χ1) is 8.06. The number of nitrogens with one attached hydrogen (secondary N) is 1. The molecule has 5 nitrogen and oxygen atoms in total. The molecule has 0 aliphatic carbocycles. The maximum atomic E-state index is 5.57. The molecule has 1 unspecified atom stereocenters. The summed E-state index contributed by atoms with van der Waals surface area (Å²) in [7, 11) is 0. The van der Waals surface area contributed by atoms with Crippen molar-refractivity contribution in [3.8, 4) is 0 Å². The lowest BCUT2D eigenvalue weighted by Gasteiger charge is -2.13. The Balaban J connectivity index is 2.16. The summed E-state index contributed by atoms with van der Waals surface area (Å²) in [6, 6.07) is 2.12. The van der Waals surface area contributed by atoms with Crippen molar-refractivity contribution in [3.05, 3.63) is 35.5 Å². The minimum absolute atomic E-state index is 0.101. The van der Waals surface area contributed by atoms with Crippen LogP contribution in [0.1, 0.15) is 30.0 Å². The Hall–Kier alpha value is -2.04. The van der Waals surface area contributed by atoms with E-state index in [1.165, 1.54) is 6.20 Å². The monoisotopic (exact) mass is 232 g/mol. The predicted octanol–water partition coefficient (Wildman–Crippen LogP) is 2.44. The summed E-state index contributed by atoms with van der Waals surface area (Å²) < 4.78 is 5.50. The summed E-state index contributed by atoms with van der Waals surface area (Å²) >= 11 is 0. The number of furan rings is 1. The summed E-state index contributed by atoms with van der Waals surface area (Å²) in [6.45, 7) is 5.93. The molecule has 0 aliphatic rings. The highest BCUT2D eigenvalue weighted by molar-refractivity contribution is 5.41. The Labute approximate surface area is 100 Å². The molecular formula is C12H16N4O. The average molecular weight is 232 g/mol. The van der Waals surface area contributed by atoms with Crippen LogP contribution in [0.25, 0.3) is 0 Å². The minimum Gasteiger partial charge on any atom is -0.466 e. The molecule has 0 saturated heterocycles. The molecule has 0 saturated carbocycles. The summed E-state index contributed by atoms with van der Waals surface area (Å²) in [4.78, 5) is 8.13. The van der Waals surface area contributed by atoms with E-state index in [9.17, 15) is 0 Å². The number of hydrogen-bond acceptors (Lipinski definition) is 5. The van der Waals surface area contributed by atoms with E-state index in [0.717, 1.165) is 17.1 Å². The van der Waals surface area contributed by atoms with Gasteiger partial charge in [0, 0.05) is 5.56 Å². The maximum Gasteiger partial charge on any atom is 0.147 e. The molecule has 0 amide bonds. The van der Waals surface area contributed by atoms with Gasteiger partial charge in [0.2, 0.25) is 0 Å². The Morgan fingerprint density at radius 3 is 2.71 bits per heavy atom. The van der Waals surface area contributed by atoms with E-state index in [4.69, 9.17) is 10.2 Å². The summed E-state index contributed by atoms with van der Waals surface area (Å²) in [5, 5.41) is 3.24. The van der Waals surface area contributed by atoms with Gasteiger partial charge in [0.05, 0.1) is 18.4 Å². The predicted molar refractivity (Wildman–Crippen MR) is 66.7 cm³/mol. The minimum atomic E-state index is 0.101. The Bertz CT molecular complexity index is 521. The number of nitrogens with two attached hydrogens (primary N) is 1. The van der Waals surface area contributed by atoms with Gasteiger partial charge >= 0.3 is 0 Å². The van der Waals surface area contributed by atoms with Crippen LogP contribution >= 0.6 is 0 Å². The van der Waals surface area contributed by atoms with E-state index >= 15 is 0 Å². The first-order valence-corrected chi connectivity index (χ1v) is 5.47. The highest BCUT2D eigenvalue weighted by Crippen LogP contribution is 2.24. The Kier molecular flexibility index (Phi) is 2.99. The molecule has 0 radical (unpaired) electrons. The van der Waals surface area contributed by atoms with Crippen molar-refractivity contribution in [3.63, 3.8) is 0 Å². The van der Waals surface area contributed by atoms with E-state index < -0.39 is 0 Å². The second-order valence-corrected chi connectivity index (χ2v) is 4.06. The van der Waals surface area contributed by atoms with E-state index in [2.05, 4.69) is 15.3 Å². The van der Waals surface area contributed by atoms with Gasteiger partial charge in [-0.2, -0.15) is 0 Å². The molecule has 0 aliphatic heterocycles. The van der Waals surface area contributed by atoms with E-state index in [1.807, 2.05) is 26.8 Å². The van der Waals surface area contributed by atoms with E-state index in [-0.39, 0.29) is 6.04 Å². The molecule has 0 spiro atoms. The molecule has 5 heteroatoms. The van der Waals surface area contributed by atoms with Crippen LogP contribution in [0.3, 0.4) is 0 Å². The summed E-state index contributed by atoms with van der Waals surface area (Å²) in [5.41, 5.74) is 6.69. The van der Waals surface area contributed by atoms with Crippen LogP contribution in [0.4, 0.5) is 11.6 Å². The number of nitrogen functional groups attached to an aromatic ring is 1. The van der Waals surface area contributed by atoms with Crippen LogP contribution in [-0.4, -0.2) is 9.97 Å². The van der Waals surface area contributed by atoms with Gasteiger partial charge in [-0.05, 0) is 26.8 Å². The third-order valence-electron chi connectivity index (χ3n) is 2.56. The van der Waals surface area contributed by atoms with Crippen LogP contribution < -0.4 is 11.1 Å². The topological polar surface area (TPSA) is 77.0 Å². The number of hydrogen-bond donors (Lipinski definition) is 2. The zero-order chi connectivity index (χ0) is 12.4. The molecule has 2 aromatic rings. The highest BCUT2D eigenvalue weighted by atomic mass is 16.3. The normalized spacial score (nSPS) is 12.4. The lowest BCUT2D eigenvalue weighted by atomic mass is 10.1. The van der Waals surface area contributed by atoms with Crippen LogP contribution in [-0.2, 0) is 0 Å². The van der Waals surface area contributed by atoms with Crippen LogP contribution in [0.2, 0.25) is 0 Å². The average Bonchev–Trinajstić information content (AvgIpc) is 2.58. The fraction of sp³-hybridized carbons (Fsp3) is 0.333. The van der Waals surface area contributed by atoms with Gasteiger partial charge in [-0.25, -0.2) is 4.98 Å². The van der Waals surface area contributed by atoms with E-state index in [1.54, 1.807) is 6.20 Å². The molecule has 2 heterocycles. The van der Waals surface area contributed by atoms with Gasteiger partial charge in [-0.15, -0.1) is 0 Å². The standard InChI is InChI=1S/C12H16N4O/c1-7-4-10(9(3)17-7)8(2)15-12-6-14-5-11(13)16-12/h4-6,8H,1-3H3,(H3,13,15,16). The maximum absolute atomic E-state index is 5.57. The van der Waals surface area contributed by atoms with Crippen molar-refractivity contribution in [1.29, 1.82) is 0 Å². The SMILES string of the molecule is Cc1cc(C(C)Nc2cncc(N)n2)c(C)o1. The summed E-state index contributed by atoms with van der Waals surface area (Å²) in [5.74, 6) is 2.89. The second-order valence-electron chi connectivity index (χ2n) is 4.06. The van der Waals surface area contributed by atoms with Gasteiger partial charge in [0.1, 0.15) is 23.2 Å². The zero-order valence-electron chi connectivity index (χ0n) is 10.2. The largest absolute Gasteiger partial charge is 0.466 e. The van der Waals surface area contributed by atoms with Gasteiger partial charge < -0.3 is 15.5 Å². The lowest BCUT2D eigenvalue weighted by Crippen LogP contribution is -2.09. The Morgan fingerprint density at radius 1 is 1.35 bits per heavy atom. The van der Waals surface area contributed by atoms with Crippen molar-refractivity contribution in [2.75, 3.05) is 11.1 Å². The number of anilines is 2. The lowest BCUT2D eigenvalue weighted by molar-refractivity contribution is 0.500. The molecule has 3 N–H and O–H groups in total. The number of rotatable bonds is 3. The van der Waals surface area contributed by atoms with Crippen LogP contribution in [0.5, 0.6) is 0 Å². The second kappa shape index (κ2) is 4.45. The van der Waals surface area contributed by atoms with Gasteiger partial charge in [-0.3, -0.25) is 4.98 Å². The third-order valence-corrected chi connectivity index (χ3v) is 2.56. The smallest absolute Gasteiger partial charge is 0.147 e. The third kappa shape index (κ3) is 2.55. The molecule has 0 bridgehead atoms. The quantitative estimate of drug-likeness (QED) is 0.849. The molecule has 90 valence electrons. The molecule has 0 aromatic carbocycles. The molecule has 1 atom stereocenters. The zero-order valence-corrected chi connectivity index (χ0v) is 10.2. The van der Waals surface area contributed by atoms with Crippen LogP contribution in [0.15, 0.2) is 22.9 Å². The van der Waals surface area contributed by atoms with Crippen molar-refractivity contribution in [1.82, 2.24) is 9.97 Å². The van der Waals surface area contributed by atoms with Gasteiger partial charge in [-0.1, -0.05) is 0 Å². The van der Waals surface area contributed by atoms with Crippen molar-refractivity contribution >= 4 is 11.6 Å². The molecule has 2 rings (SSSR count). The van der Waals surface area contributed by atoms with Crippen molar-refractivity contribution < 1.29 is 4.42 Å². The fourth-order valence-electron chi connectivity index (χ4n) is 1.83. The van der Waals surface area contributed by atoms with Gasteiger partial charge in [0.15, 0.2) is 0 Å².